The van der Waals surface area contributed by atoms with Crippen molar-refractivity contribution in [2.45, 2.75) is 50.1 Å². The fourth-order valence-corrected chi connectivity index (χ4v) is 6.75. The maximum absolute atomic E-state index is 14.1. The molecule has 0 aromatic heterocycles. The van der Waals surface area contributed by atoms with E-state index in [0.29, 0.717) is 41.9 Å². The highest BCUT2D eigenvalue weighted by atomic mass is 16.6. The van der Waals surface area contributed by atoms with Crippen LogP contribution in [-0.2, 0) is 38.1 Å². The molecule has 3 aromatic rings. The lowest BCUT2D eigenvalue weighted by atomic mass is 9.54. The van der Waals surface area contributed by atoms with E-state index >= 15 is 0 Å². The normalized spacial score (nSPS) is 25.6. The second-order valence-electron chi connectivity index (χ2n) is 10.6. The zero-order valence-corrected chi connectivity index (χ0v) is 26.6. The topological polar surface area (TPSA) is 105 Å². The van der Waals surface area contributed by atoms with Gasteiger partial charge >= 0.3 is 0 Å². The van der Waals surface area contributed by atoms with Crippen LogP contribution in [0, 0.1) is 0 Å². The summed E-state index contributed by atoms with van der Waals surface area (Å²) in [5.41, 5.74) is -6.41. The van der Waals surface area contributed by atoms with Gasteiger partial charge in [-0.15, -0.1) is 0 Å². The molecule has 0 N–H and O–H groups in total. The fourth-order valence-electron chi connectivity index (χ4n) is 6.75. The van der Waals surface area contributed by atoms with Gasteiger partial charge in [-0.25, -0.2) is 0 Å². The molecule has 0 amide bonds. The van der Waals surface area contributed by atoms with Gasteiger partial charge < -0.3 is 18.9 Å². The van der Waals surface area contributed by atoms with Crippen LogP contribution in [0.4, 0.5) is 0 Å². The second-order valence-corrected chi connectivity index (χ2v) is 10.6. The van der Waals surface area contributed by atoms with Crippen LogP contribution in [0.2, 0.25) is 0 Å². The molecule has 0 saturated heterocycles. The van der Waals surface area contributed by atoms with E-state index in [1.165, 1.54) is 6.08 Å². The SMILES string of the molecule is CCOC1(C=O)C(C=O)=CC(OCC)(C(=C(c2ccccc2)c2ccccc2)c2ccccc2)C(C=O)(OCC)C1(C=O)OCC. The first-order valence-electron chi connectivity index (χ1n) is 15.5. The van der Waals surface area contributed by atoms with E-state index in [4.69, 9.17) is 18.9 Å². The van der Waals surface area contributed by atoms with Crippen molar-refractivity contribution in [3.05, 3.63) is 119 Å². The monoisotopic (exact) mass is 624 g/mol. The van der Waals surface area contributed by atoms with Crippen LogP contribution in [-0.4, -0.2) is 74.0 Å². The van der Waals surface area contributed by atoms with Crippen molar-refractivity contribution < 1.29 is 38.1 Å². The molecule has 4 atom stereocenters. The smallest absolute Gasteiger partial charge is 0.202 e. The maximum atomic E-state index is 14.1. The Labute approximate surface area is 270 Å². The van der Waals surface area contributed by atoms with Crippen molar-refractivity contribution in [3.63, 3.8) is 0 Å². The highest BCUT2D eigenvalue weighted by molar-refractivity contribution is 6.08. The van der Waals surface area contributed by atoms with E-state index in [-0.39, 0.29) is 32.0 Å². The number of benzene rings is 3. The third-order valence-electron chi connectivity index (χ3n) is 8.36. The maximum Gasteiger partial charge on any atom is 0.202 e. The molecule has 4 unspecified atom stereocenters. The molecule has 0 radical (unpaired) electrons. The van der Waals surface area contributed by atoms with Crippen LogP contribution in [0.1, 0.15) is 44.4 Å². The number of aldehydes is 4. The van der Waals surface area contributed by atoms with E-state index in [1.807, 2.05) is 91.0 Å². The molecule has 1 aliphatic carbocycles. The van der Waals surface area contributed by atoms with Crippen molar-refractivity contribution in [2.75, 3.05) is 26.4 Å². The van der Waals surface area contributed by atoms with Crippen LogP contribution in [0.25, 0.3) is 11.1 Å². The van der Waals surface area contributed by atoms with Gasteiger partial charge in [-0.3, -0.25) is 19.2 Å². The summed E-state index contributed by atoms with van der Waals surface area (Å²) in [6, 6.07) is 28.3. The molecular weight excluding hydrogens is 584 g/mol. The Morgan fingerprint density at radius 3 is 1.37 bits per heavy atom. The van der Waals surface area contributed by atoms with Crippen molar-refractivity contribution >= 4 is 36.3 Å². The van der Waals surface area contributed by atoms with Crippen molar-refractivity contribution in [2.24, 2.45) is 0 Å². The molecule has 1 aliphatic rings. The Morgan fingerprint density at radius 1 is 0.543 bits per heavy atom. The molecule has 0 aliphatic heterocycles. The molecule has 0 heterocycles. The third-order valence-corrected chi connectivity index (χ3v) is 8.36. The van der Waals surface area contributed by atoms with Crippen molar-refractivity contribution in [1.29, 1.82) is 0 Å². The Hall–Kier alpha value is -4.34. The van der Waals surface area contributed by atoms with Crippen LogP contribution >= 0.6 is 0 Å². The Morgan fingerprint density at radius 2 is 0.978 bits per heavy atom. The first-order chi connectivity index (χ1) is 22.4. The highest BCUT2D eigenvalue weighted by Crippen LogP contribution is 2.59. The van der Waals surface area contributed by atoms with Gasteiger partial charge in [0, 0.05) is 37.6 Å². The minimum atomic E-state index is -2.52. The van der Waals surface area contributed by atoms with Gasteiger partial charge in [0.2, 0.25) is 5.60 Å². The summed E-state index contributed by atoms with van der Waals surface area (Å²) >= 11 is 0. The molecule has 0 bridgehead atoms. The van der Waals surface area contributed by atoms with Gasteiger partial charge in [0.25, 0.3) is 0 Å². The quantitative estimate of drug-likeness (QED) is 0.152. The predicted octanol–water partition coefficient (Wildman–Crippen LogP) is 5.48. The molecule has 8 nitrogen and oxygen atoms in total. The standard InChI is InChI=1S/C38H40O8/c1-5-43-35(24-32(25-39)36(26-40,44-6-2)38(28-42,46-8-4)37(35,27-41)45-7-3)34(31-22-16-11-17-23-31)33(29-18-12-9-13-19-29)30-20-14-10-15-21-30/h9-28H,5-8H2,1-4H3. The number of hydrogen-bond donors (Lipinski definition) is 0. The zero-order chi connectivity index (χ0) is 33.3. The molecule has 240 valence electrons. The van der Waals surface area contributed by atoms with Crippen LogP contribution < -0.4 is 0 Å². The molecule has 0 spiro atoms. The fraction of sp³-hybridized carbons (Fsp3) is 0.316. The molecule has 3 aromatic carbocycles. The summed E-state index contributed by atoms with van der Waals surface area (Å²) in [7, 11) is 0. The minimum Gasteiger partial charge on any atom is -0.363 e. The molecule has 0 saturated carbocycles. The number of rotatable bonds is 16. The largest absolute Gasteiger partial charge is 0.363 e. The van der Waals surface area contributed by atoms with Crippen molar-refractivity contribution in [1.82, 2.24) is 0 Å². The number of carbonyl (C=O) groups is 4. The summed E-state index contributed by atoms with van der Waals surface area (Å²) < 4.78 is 25.6. The number of carbonyl (C=O) groups excluding carboxylic acids is 4. The van der Waals surface area contributed by atoms with Gasteiger partial charge in [0.05, 0.1) is 0 Å². The summed E-state index contributed by atoms with van der Waals surface area (Å²) in [5, 5.41) is 0. The minimum absolute atomic E-state index is 0.00226. The first kappa shape index (κ1) is 34.5. The van der Waals surface area contributed by atoms with Crippen LogP contribution in [0.15, 0.2) is 103 Å². The van der Waals surface area contributed by atoms with E-state index in [0.717, 1.165) is 11.1 Å². The van der Waals surface area contributed by atoms with Gasteiger partial charge in [0.1, 0.15) is 6.29 Å². The van der Waals surface area contributed by atoms with Gasteiger partial charge in [-0.1, -0.05) is 91.0 Å². The zero-order valence-electron chi connectivity index (χ0n) is 26.6. The summed E-state index contributed by atoms with van der Waals surface area (Å²) in [4.78, 5) is 54.3. The van der Waals surface area contributed by atoms with Crippen LogP contribution in [0.3, 0.4) is 0 Å². The van der Waals surface area contributed by atoms with E-state index in [1.54, 1.807) is 27.7 Å². The molecular formula is C38H40O8. The van der Waals surface area contributed by atoms with Gasteiger partial charge in [-0.05, 0) is 56.0 Å². The van der Waals surface area contributed by atoms with E-state index in [2.05, 4.69) is 0 Å². The Kier molecular flexibility index (Phi) is 11.1. The molecule has 0 fully saturated rings. The third kappa shape index (κ3) is 5.21. The predicted molar refractivity (Wildman–Crippen MR) is 175 cm³/mol. The second kappa shape index (κ2) is 14.8. The summed E-state index contributed by atoms with van der Waals surface area (Å²) in [5.74, 6) is 0. The summed E-state index contributed by atoms with van der Waals surface area (Å²) in [6.07, 6.45) is 3.01. The van der Waals surface area contributed by atoms with E-state index < -0.39 is 22.4 Å². The molecule has 4 rings (SSSR count). The van der Waals surface area contributed by atoms with Gasteiger partial charge in [-0.2, -0.15) is 0 Å². The number of ether oxygens (including phenoxy) is 4. The first-order valence-corrected chi connectivity index (χ1v) is 15.5. The average Bonchev–Trinajstić information content (AvgIpc) is 3.10. The lowest BCUT2D eigenvalue weighted by Gasteiger charge is -2.61. The Bertz CT molecular complexity index is 1530. The summed E-state index contributed by atoms with van der Waals surface area (Å²) in [6.45, 7) is 6.27. The molecule has 8 heteroatoms. The molecule has 46 heavy (non-hydrogen) atoms. The number of hydrogen-bond acceptors (Lipinski definition) is 8. The van der Waals surface area contributed by atoms with Crippen molar-refractivity contribution in [3.8, 4) is 0 Å². The Balaban J connectivity index is 2.45. The lowest BCUT2D eigenvalue weighted by molar-refractivity contribution is -0.279. The highest BCUT2D eigenvalue weighted by Gasteiger charge is 2.79. The average molecular weight is 625 g/mol. The van der Waals surface area contributed by atoms with Gasteiger partial charge in [0.15, 0.2) is 35.7 Å². The van der Waals surface area contributed by atoms with Crippen LogP contribution in [0.5, 0.6) is 0 Å². The lowest BCUT2D eigenvalue weighted by Crippen LogP contribution is -2.83. The van der Waals surface area contributed by atoms with E-state index in [9.17, 15) is 19.2 Å².